The molecule has 2 aromatic carbocycles. The average molecular weight is 418 g/mol. The van der Waals surface area contributed by atoms with E-state index in [0.29, 0.717) is 26.1 Å². The lowest BCUT2D eigenvalue weighted by Crippen LogP contribution is -2.42. The monoisotopic (exact) mass is 417 g/mol. The van der Waals surface area contributed by atoms with Gasteiger partial charge in [0.15, 0.2) is 0 Å². The highest BCUT2D eigenvalue weighted by molar-refractivity contribution is 5.81. The van der Waals surface area contributed by atoms with Gasteiger partial charge in [0.1, 0.15) is 18.2 Å². The van der Waals surface area contributed by atoms with Gasteiger partial charge in [0.2, 0.25) is 5.91 Å². The number of hydrogen-bond donors (Lipinski definition) is 0. The Balaban J connectivity index is 1.58. The largest absolute Gasteiger partial charge is 0.491 e. The number of nitrogens with zero attached hydrogens (tertiary/aromatic N) is 3. The molecule has 5 heteroatoms. The van der Waals surface area contributed by atoms with Crippen molar-refractivity contribution in [1.82, 2.24) is 14.5 Å². The third kappa shape index (κ3) is 4.36. The molecule has 5 nitrogen and oxygen atoms in total. The zero-order valence-corrected chi connectivity index (χ0v) is 18.7. The minimum Gasteiger partial charge on any atom is -0.491 e. The van der Waals surface area contributed by atoms with Crippen molar-refractivity contribution in [2.45, 2.75) is 51.6 Å². The summed E-state index contributed by atoms with van der Waals surface area (Å²) in [6.45, 7) is 12.0. The quantitative estimate of drug-likeness (QED) is 0.511. The maximum atomic E-state index is 12.7. The predicted molar refractivity (Wildman–Crippen MR) is 124 cm³/mol. The van der Waals surface area contributed by atoms with Gasteiger partial charge in [-0.3, -0.25) is 4.79 Å². The molecular formula is C26H31N3O2. The Bertz CT molecular complexity index is 1090. The highest BCUT2D eigenvalue weighted by Crippen LogP contribution is 2.34. The number of amides is 1. The van der Waals surface area contributed by atoms with Gasteiger partial charge in [0, 0.05) is 24.4 Å². The predicted octanol–water partition coefficient (Wildman–Crippen LogP) is 4.96. The third-order valence-corrected chi connectivity index (χ3v) is 5.89. The van der Waals surface area contributed by atoms with Crippen molar-refractivity contribution < 1.29 is 9.53 Å². The topological polar surface area (TPSA) is 47.4 Å². The average Bonchev–Trinajstić information content (AvgIpc) is 3.30. The number of allylic oxidation sites excluding steroid dienone is 1. The summed E-state index contributed by atoms with van der Waals surface area (Å²) in [6, 6.07) is 16.3. The van der Waals surface area contributed by atoms with Crippen LogP contribution in [0, 0.1) is 0 Å². The molecule has 1 aliphatic heterocycles. The molecule has 1 amide bonds. The van der Waals surface area contributed by atoms with Gasteiger partial charge < -0.3 is 14.2 Å². The Labute approximate surface area is 184 Å². The summed E-state index contributed by atoms with van der Waals surface area (Å²) in [5, 5.41) is 0. The van der Waals surface area contributed by atoms with Gasteiger partial charge in [-0.15, -0.1) is 6.58 Å². The molecule has 31 heavy (non-hydrogen) atoms. The molecule has 1 atom stereocenters. The smallest absolute Gasteiger partial charge is 0.223 e. The number of likely N-dealkylation sites (tertiary alicyclic amines) is 1. The van der Waals surface area contributed by atoms with Crippen molar-refractivity contribution in [2.75, 3.05) is 13.2 Å². The Kier molecular flexibility index (Phi) is 5.86. The molecule has 0 radical (unpaired) electrons. The fraction of sp³-hybridized carbons (Fsp3) is 0.385. The number of fused-ring (bicyclic) bond motifs is 1. The highest BCUT2D eigenvalue weighted by atomic mass is 16.5. The van der Waals surface area contributed by atoms with Crippen LogP contribution in [0.2, 0.25) is 0 Å². The molecule has 2 heterocycles. The van der Waals surface area contributed by atoms with E-state index in [4.69, 9.17) is 9.72 Å². The van der Waals surface area contributed by atoms with Crippen LogP contribution in [-0.4, -0.2) is 39.0 Å². The lowest BCUT2D eigenvalue weighted by Gasteiger charge is -2.32. The summed E-state index contributed by atoms with van der Waals surface area (Å²) in [5.74, 6) is 2.16. The van der Waals surface area contributed by atoms with E-state index >= 15 is 0 Å². The molecule has 1 aromatic heterocycles. The lowest BCUT2D eigenvalue weighted by atomic mass is 10.1. The number of hydrogen-bond acceptors (Lipinski definition) is 3. The van der Waals surface area contributed by atoms with E-state index in [1.807, 2.05) is 47.4 Å². The molecule has 162 valence electrons. The number of benzene rings is 2. The maximum Gasteiger partial charge on any atom is 0.223 e. The minimum atomic E-state index is -0.180. The van der Waals surface area contributed by atoms with Gasteiger partial charge >= 0.3 is 0 Å². The van der Waals surface area contributed by atoms with Gasteiger partial charge in [0.25, 0.3) is 0 Å². The first-order chi connectivity index (χ1) is 14.9. The second kappa shape index (κ2) is 8.58. The van der Waals surface area contributed by atoms with Gasteiger partial charge in [0.05, 0.1) is 17.6 Å². The summed E-state index contributed by atoms with van der Waals surface area (Å²) >= 11 is 0. The molecule has 1 saturated heterocycles. The Morgan fingerprint density at radius 1 is 1.16 bits per heavy atom. The molecule has 3 aromatic rings. The van der Waals surface area contributed by atoms with Gasteiger partial charge in [-0.25, -0.2) is 4.98 Å². The van der Waals surface area contributed by atoms with E-state index < -0.39 is 0 Å². The number of carbonyl (C=O) groups excluding carboxylic acids is 1. The molecule has 1 aliphatic rings. The van der Waals surface area contributed by atoms with Crippen LogP contribution in [0.5, 0.6) is 5.75 Å². The fourth-order valence-corrected chi connectivity index (χ4v) is 4.39. The zero-order chi connectivity index (χ0) is 22.0. The van der Waals surface area contributed by atoms with Crippen LogP contribution >= 0.6 is 0 Å². The Hall–Kier alpha value is -3.08. The summed E-state index contributed by atoms with van der Waals surface area (Å²) in [5.41, 5.74) is 3.00. The van der Waals surface area contributed by atoms with E-state index in [9.17, 15) is 4.79 Å². The first kappa shape index (κ1) is 21.2. The van der Waals surface area contributed by atoms with Crippen molar-refractivity contribution in [2.24, 2.45) is 0 Å². The fourth-order valence-electron chi connectivity index (χ4n) is 4.39. The minimum absolute atomic E-state index is 0.0900. The van der Waals surface area contributed by atoms with Gasteiger partial charge in [-0.05, 0) is 51.0 Å². The van der Waals surface area contributed by atoms with Crippen molar-refractivity contribution in [3.63, 3.8) is 0 Å². The molecule has 4 rings (SSSR count). The molecule has 0 aliphatic carbocycles. The highest BCUT2D eigenvalue weighted by Gasteiger charge is 2.38. The van der Waals surface area contributed by atoms with Gasteiger partial charge in [-0.2, -0.15) is 0 Å². The van der Waals surface area contributed by atoms with Crippen molar-refractivity contribution in [1.29, 1.82) is 0 Å². The molecular weight excluding hydrogens is 386 g/mol. The molecule has 0 N–H and O–H groups in total. The van der Waals surface area contributed by atoms with E-state index in [0.717, 1.165) is 34.6 Å². The Morgan fingerprint density at radius 3 is 2.65 bits per heavy atom. The van der Waals surface area contributed by atoms with Crippen LogP contribution in [0.4, 0.5) is 0 Å². The molecule has 0 saturated carbocycles. The molecule has 1 fully saturated rings. The normalized spacial score (nSPS) is 16.8. The first-order valence-electron chi connectivity index (χ1n) is 11.0. The standard InChI is InChI=1S/C26H31N3O2/c1-5-10-19-11-6-9-14-23(19)31-16-15-28-22-13-8-7-12-21(22)27-25(28)20-17-24(30)29(18-20)26(2,3)4/h5-9,11-14,20H,1,10,15-18H2,2-4H3/t20-/m0/s1. The second-order valence-corrected chi connectivity index (χ2v) is 9.14. The number of ether oxygens (including phenoxy) is 1. The molecule has 0 unspecified atom stereocenters. The summed E-state index contributed by atoms with van der Waals surface area (Å²) in [7, 11) is 0. The number of para-hydroxylation sites is 3. The van der Waals surface area contributed by atoms with E-state index in [2.05, 4.69) is 44.0 Å². The number of imidazole rings is 1. The summed E-state index contributed by atoms with van der Waals surface area (Å²) in [4.78, 5) is 19.6. The van der Waals surface area contributed by atoms with Crippen LogP contribution in [0.3, 0.4) is 0 Å². The van der Waals surface area contributed by atoms with Gasteiger partial charge in [-0.1, -0.05) is 36.4 Å². The number of aromatic nitrogens is 2. The molecule has 0 bridgehead atoms. The summed E-state index contributed by atoms with van der Waals surface area (Å²) < 4.78 is 8.38. The zero-order valence-electron chi connectivity index (χ0n) is 18.7. The van der Waals surface area contributed by atoms with E-state index in [-0.39, 0.29) is 17.4 Å². The molecule has 0 spiro atoms. The van der Waals surface area contributed by atoms with Crippen molar-refractivity contribution in [3.05, 3.63) is 72.6 Å². The van der Waals surface area contributed by atoms with Crippen molar-refractivity contribution >= 4 is 16.9 Å². The summed E-state index contributed by atoms with van der Waals surface area (Å²) in [6.07, 6.45) is 3.17. The number of rotatable bonds is 7. The van der Waals surface area contributed by atoms with E-state index in [1.54, 1.807) is 0 Å². The van der Waals surface area contributed by atoms with Crippen LogP contribution in [-0.2, 0) is 17.8 Å². The van der Waals surface area contributed by atoms with E-state index in [1.165, 1.54) is 0 Å². The first-order valence-corrected chi connectivity index (χ1v) is 11.0. The van der Waals surface area contributed by atoms with Crippen LogP contribution in [0.1, 0.15) is 44.5 Å². The Morgan fingerprint density at radius 2 is 1.90 bits per heavy atom. The SMILES string of the molecule is C=CCc1ccccc1OCCn1c([C@H]2CC(=O)N(C(C)(C)C)C2)nc2ccccc21. The third-order valence-electron chi connectivity index (χ3n) is 5.89. The maximum absolute atomic E-state index is 12.7. The van der Waals surface area contributed by atoms with Crippen molar-refractivity contribution in [3.8, 4) is 5.75 Å². The van der Waals surface area contributed by atoms with Crippen LogP contribution in [0.25, 0.3) is 11.0 Å². The number of carbonyl (C=O) groups is 1. The lowest BCUT2D eigenvalue weighted by molar-refractivity contribution is -0.131. The van der Waals surface area contributed by atoms with Crippen LogP contribution < -0.4 is 4.74 Å². The second-order valence-electron chi connectivity index (χ2n) is 9.14. The van der Waals surface area contributed by atoms with Crippen LogP contribution in [0.15, 0.2) is 61.2 Å².